The molecule has 2 N–H and O–H groups in total. The molecule has 2 aliphatic rings. The first-order valence-electron chi connectivity index (χ1n) is 12.0. The van der Waals surface area contributed by atoms with Crippen molar-refractivity contribution in [2.24, 2.45) is 0 Å². The summed E-state index contributed by atoms with van der Waals surface area (Å²) < 4.78 is 11.0. The van der Waals surface area contributed by atoms with E-state index in [9.17, 15) is 9.59 Å². The molecule has 0 bridgehead atoms. The highest BCUT2D eigenvalue weighted by Crippen LogP contribution is 2.29. The number of nitrogens with one attached hydrogen (secondary N) is 2. The molecule has 182 valence electrons. The monoisotopic (exact) mass is 483 g/mol. The van der Waals surface area contributed by atoms with Crippen LogP contribution in [0.25, 0.3) is 11.0 Å². The second-order valence-corrected chi connectivity index (χ2v) is 9.01. The summed E-state index contributed by atoms with van der Waals surface area (Å²) in [6.45, 7) is 1.81. The predicted molar refractivity (Wildman–Crippen MR) is 133 cm³/mol. The Bertz CT molecular complexity index is 1400. The number of ketones is 1. The van der Waals surface area contributed by atoms with Crippen molar-refractivity contribution in [3.05, 3.63) is 78.2 Å². The molecule has 36 heavy (non-hydrogen) atoms. The van der Waals surface area contributed by atoms with Crippen molar-refractivity contribution in [1.82, 2.24) is 19.9 Å². The van der Waals surface area contributed by atoms with E-state index in [2.05, 4.69) is 20.3 Å². The Morgan fingerprint density at radius 2 is 1.83 bits per heavy atom. The number of aromatic amines is 1. The SMILES string of the molecule is O=C(c1ccc(Oc2ccccc2)cc1)c1c[nH]c2ncnc(NC3CCCN(C(=O)C4CO4)C3)c12. The number of epoxide rings is 1. The molecule has 2 atom stereocenters. The van der Waals surface area contributed by atoms with Gasteiger partial charge in [0.1, 0.15) is 29.3 Å². The van der Waals surface area contributed by atoms with Gasteiger partial charge in [-0.25, -0.2) is 9.97 Å². The molecular formula is C27H25N5O4. The van der Waals surface area contributed by atoms with Crippen molar-refractivity contribution in [3.63, 3.8) is 0 Å². The summed E-state index contributed by atoms with van der Waals surface area (Å²) in [4.78, 5) is 39.6. The fraction of sp³-hybridized carbons (Fsp3) is 0.259. The third-order valence-electron chi connectivity index (χ3n) is 6.49. The predicted octanol–water partition coefficient (Wildman–Crippen LogP) is 3.78. The van der Waals surface area contributed by atoms with E-state index in [0.29, 0.717) is 46.9 Å². The van der Waals surface area contributed by atoms with Crippen LogP contribution in [0.4, 0.5) is 5.82 Å². The van der Waals surface area contributed by atoms with E-state index < -0.39 is 0 Å². The zero-order valence-corrected chi connectivity index (χ0v) is 19.5. The number of hydrogen-bond acceptors (Lipinski definition) is 7. The van der Waals surface area contributed by atoms with E-state index in [-0.39, 0.29) is 23.8 Å². The van der Waals surface area contributed by atoms with Crippen molar-refractivity contribution in [2.75, 3.05) is 25.0 Å². The number of benzene rings is 2. The van der Waals surface area contributed by atoms with Gasteiger partial charge in [-0.05, 0) is 49.2 Å². The summed E-state index contributed by atoms with van der Waals surface area (Å²) in [6.07, 6.45) is 4.64. The summed E-state index contributed by atoms with van der Waals surface area (Å²) in [7, 11) is 0. The number of anilines is 1. The first-order chi connectivity index (χ1) is 17.7. The zero-order valence-electron chi connectivity index (χ0n) is 19.5. The Morgan fingerprint density at radius 1 is 1.06 bits per heavy atom. The molecule has 9 heteroatoms. The van der Waals surface area contributed by atoms with Crippen LogP contribution in [0.2, 0.25) is 0 Å². The minimum Gasteiger partial charge on any atom is -0.457 e. The second kappa shape index (κ2) is 9.43. The maximum Gasteiger partial charge on any atom is 0.254 e. The second-order valence-electron chi connectivity index (χ2n) is 9.01. The molecule has 2 aromatic heterocycles. The molecule has 1 amide bonds. The van der Waals surface area contributed by atoms with Crippen molar-refractivity contribution in [3.8, 4) is 11.5 Å². The van der Waals surface area contributed by atoms with Crippen LogP contribution in [-0.2, 0) is 9.53 Å². The van der Waals surface area contributed by atoms with Crippen LogP contribution in [0.5, 0.6) is 11.5 Å². The lowest BCUT2D eigenvalue weighted by Gasteiger charge is -2.33. The number of carbonyl (C=O) groups is 2. The van der Waals surface area contributed by atoms with Gasteiger partial charge in [-0.3, -0.25) is 9.59 Å². The maximum atomic E-state index is 13.4. The molecule has 4 aromatic rings. The lowest BCUT2D eigenvalue weighted by Crippen LogP contribution is -2.46. The number of likely N-dealkylation sites (tertiary alicyclic amines) is 1. The standard InChI is InChI=1S/C27H25N5O4/c33-24(17-8-10-20(11-9-17)36-19-6-2-1-3-7-19)21-13-28-25-23(21)26(30-16-29-25)31-18-5-4-12-32(14-18)27(34)22-15-35-22/h1-3,6-11,13,16,18,22H,4-5,12,14-15H2,(H2,28,29,30,31). The number of ether oxygens (including phenoxy) is 2. The Kier molecular flexibility index (Phi) is 5.82. The topological polar surface area (TPSA) is 113 Å². The smallest absolute Gasteiger partial charge is 0.254 e. The lowest BCUT2D eigenvalue weighted by atomic mass is 10.0. The number of hydrogen-bond donors (Lipinski definition) is 2. The van der Waals surface area contributed by atoms with Crippen LogP contribution in [0.3, 0.4) is 0 Å². The number of para-hydroxylation sites is 1. The number of rotatable bonds is 7. The van der Waals surface area contributed by atoms with Crippen LogP contribution in [0.1, 0.15) is 28.8 Å². The van der Waals surface area contributed by atoms with Gasteiger partial charge in [-0.2, -0.15) is 0 Å². The zero-order chi connectivity index (χ0) is 24.5. The van der Waals surface area contributed by atoms with Crippen LogP contribution in [0.15, 0.2) is 67.1 Å². The van der Waals surface area contributed by atoms with Gasteiger partial charge in [-0.15, -0.1) is 0 Å². The number of piperidine rings is 1. The van der Waals surface area contributed by atoms with Crippen molar-refractivity contribution in [2.45, 2.75) is 25.0 Å². The summed E-state index contributed by atoms with van der Waals surface area (Å²) in [5.41, 5.74) is 1.60. The van der Waals surface area contributed by atoms with Crippen LogP contribution >= 0.6 is 0 Å². The molecule has 9 nitrogen and oxygen atoms in total. The minimum atomic E-state index is -0.284. The maximum absolute atomic E-state index is 13.4. The van der Waals surface area contributed by atoms with E-state index in [1.807, 2.05) is 35.2 Å². The summed E-state index contributed by atoms with van der Waals surface area (Å²) >= 11 is 0. The number of amides is 1. The fourth-order valence-corrected chi connectivity index (χ4v) is 4.59. The van der Waals surface area contributed by atoms with E-state index in [0.717, 1.165) is 25.1 Å². The molecule has 2 aromatic carbocycles. The molecule has 6 rings (SSSR count). The fourth-order valence-electron chi connectivity index (χ4n) is 4.59. The molecule has 2 unspecified atom stereocenters. The van der Waals surface area contributed by atoms with Gasteiger partial charge < -0.3 is 24.7 Å². The molecular weight excluding hydrogens is 458 g/mol. The first kappa shape index (κ1) is 22.2. The number of fused-ring (bicyclic) bond motifs is 1. The van der Waals surface area contributed by atoms with Gasteiger partial charge in [0.25, 0.3) is 5.91 Å². The summed E-state index contributed by atoms with van der Waals surface area (Å²) in [6, 6.07) is 16.6. The minimum absolute atomic E-state index is 0.0202. The highest BCUT2D eigenvalue weighted by Gasteiger charge is 2.37. The van der Waals surface area contributed by atoms with E-state index >= 15 is 0 Å². The first-order valence-corrected chi connectivity index (χ1v) is 12.0. The number of H-pyrrole nitrogens is 1. The quantitative estimate of drug-likeness (QED) is 0.304. The van der Waals surface area contributed by atoms with Crippen LogP contribution < -0.4 is 10.1 Å². The van der Waals surface area contributed by atoms with E-state index in [1.165, 1.54) is 6.33 Å². The highest BCUT2D eigenvalue weighted by atomic mass is 16.6. The molecule has 0 radical (unpaired) electrons. The molecule has 0 saturated carbocycles. The summed E-state index contributed by atoms with van der Waals surface area (Å²) in [5, 5.41) is 4.10. The Hall–Kier alpha value is -4.24. The highest BCUT2D eigenvalue weighted by molar-refractivity contribution is 6.18. The van der Waals surface area contributed by atoms with E-state index in [1.54, 1.807) is 30.5 Å². The number of aromatic nitrogens is 3. The van der Waals surface area contributed by atoms with Crippen LogP contribution in [-0.4, -0.2) is 63.4 Å². The third kappa shape index (κ3) is 4.52. The Morgan fingerprint density at radius 3 is 2.61 bits per heavy atom. The van der Waals surface area contributed by atoms with Gasteiger partial charge in [0.2, 0.25) is 0 Å². The van der Waals surface area contributed by atoms with Crippen molar-refractivity contribution in [1.29, 1.82) is 0 Å². The average Bonchev–Trinajstić information content (AvgIpc) is 3.68. The van der Waals surface area contributed by atoms with Gasteiger partial charge in [0, 0.05) is 30.9 Å². The van der Waals surface area contributed by atoms with Crippen molar-refractivity contribution < 1.29 is 19.1 Å². The van der Waals surface area contributed by atoms with E-state index in [4.69, 9.17) is 9.47 Å². The lowest BCUT2D eigenvalue weighted by molar-refractivity contribution is -0.133. The summed E-state index contributed by atoms with van der Waals surface area (Å²) in [5.74, 6) is 1.86. The van der Waals surface area contributed by atoms with Gasteiger partial charge >= 0.3 is 0 Å². The molecule has 2 fully saturated rings. The van der Waals surface area contributed by atoms with Gasteiger partial charge in [0.15, 0.2) is 11.9 Å². The Labute approximate surface area is 207 Å². The van der Waals surface area contributed by atoms with Crippen LogP contribution in [0, 0.1) is 0 Å². The molecule has 4 heterocycles. The molecule has 0 spiro atoms. The molecule has 2 saturated heterocycles. The van der Waals surface area contributed by atoms with Gasteiger partial charge in [-0.1, -0.05) is 18.2 Å². The van der Waals surface area contributed by atoms with Gasteiger partial charge in [0.05, 0.1) is 17.6 Å². The number of carbonyl (C=O) groups excluding carboxylic acids is 2. The molecule has 2 aliphatic heterocycles. The molecule has 0 aliphatic carbocycles. The third-order valence-corrected chi connectivity index (χ3v) is 6.49. The number of nitrogens with zero attached hydrogens (tertiary/aromatic N) is 3. The average molecular weight is 484 g/mol. The normalized spacial score (nSPS) is 19.2. The Balaban J connectivity index is 1.22. The largest absolute Gasteiger partial charge is 0.457 e. The van der Waals surface area contributed by atoms with Crippen molar-refractivity contribution >= 4 is 28.5 Å².